The predicted octanol–water partition coefficient (Wildman–Crippen LogP) is 3.86. The average molecular weight is 272 g/mol. The van der Waals surface area contributed by atoms with Crippen LogP contribution in [0, 0.1) is 10.1 Å². The summed E-state index contributed by atoms with van der Waals surface area (Å²) in [5.41, 5.74) is 1.53. The van der Waals surface area contributed by atoms with Gasteiger partial charge in [-0.15, -0.1) is 0 Å². The molecule has 0 saturated heterocycles. The first-order valence-electron chi connectivity index (χ1n) is 6.40. The summed E-state index contributed by atoms with van der Waals surface area (Å²) in [6.45, 7) is 2.00. The van der Waals surface area contributed by atoms with E-state index >= 15 is 0 Å². The van der Waals surface area contributed by atoms with Crippen LogP contribution in [0.5, 0.6) is 5.75 Å². The molecule has 0 aliphatic heterocycles. The lowest BCUT2D eigenvalue weighted by atomic mass is 10.0. The van der Waals surface area contributed by atoms with Gasteiger partial charge < -0.3 is 10.4 Å². The summed E-state index contributed by atoms with van der Waals surface area (Å²) in [7, 11) is 0. The SMILES string of the molecule is CCC(Nc1ccccc1[N+](=O)[O-])c1ccc(O)cc1. The molecule has 2 N–H and O–H groups in total. The monoisotopic (exact) mass is 272 g/mol. The van der Waals surface area contributed by atoms with Crippen molar-refractivity contribution >= 4 is 11.4 Å². The van der Waals surface area contributed by atoms with Crippen LogP contribution in [0.4, 0.5) is 11.4 Å². The van der Waals surface area contributed by atoms with Crippen molar-refractivity contribution in [3.63, 3.8) is 0 Å². The highest BCUT2D eigenvalue weighted by Gasteiger charge is 2.16. The highest BCUT2D eigenvalue weighted by molar-refractivity contribution is 5.62. The molecule has 1 unspecified atom stereocenters. The van der Waals surface area contributed by atoms with Gasteiger partial charge in [0.25, 0.3) is 5.69 Å². The minimum Gasteiger partial charge on any atom is -0.508 e. The van der Waals surface area contributed by atoms with E-state index in [9.17, 15) is 15.2 Å². The Morgan fingerprint density at radius 3 is 2.45 bits per heavy atom. The molecular weight excluding hydrogens is 256 g/mol. The summed E-state index contributed by atoms with van der Waals surface area (Å²) >= 11 is 0. The van der Waals surface area contributed by atoms with E-state index in [1.54, 1.807) is 30.3 Å². The van der Waals surface area contributed by atoms with Crippen molar-refractivity contribution in [1.29, 1.82) is 0 Å². The molecule has 0 aliphatic rings. The van der Waals surface area contributed by atoms with Crippen LogP contribution in [0.15, 0.2) is 48.5 Å². The number of nitrogens with one attached hydrogen (secondary N) is 1. The molecule has 104 valence electrons. The van der Waals surface area contributed by atoms with Crippen LogP contribution in [-0.4, -0.2) is 10.0 Å². The standard InChI is InChI=1S/C15H16N2O3/c1-2-13(11-7-9-12(18)10-8-11)16-14-5-3-4-6-15(14)17(19)20/h3-10,13,16,18H,2H2,1H3. The van der Waals surface area contributed by atoms with Crippen LogP contribution in [0.1, 0.15) is 24.9 Å². The van der Waals surface area contributed by atoms with Gasteiger partial charge in [-0.2, -0.15) is 0 Å². The van der Waals surface area contributed by atoms with Gasteiger partial charge in [0.15, 0.2) is 0 Å². The van der Waals surface area contributed by atoms with Gasteiger partial charge in [-0.25, -0.2) is 0 Å². The maximum atomic E-state index is 11.0. The number of aromatic hydroxyl groups is 1. The van der Waals surface area contributed by atoms with Crippen molar-refractivity contribution < 1.29 is 10.0 Å². The Hall–Kier alpha value is -2.56. The molecule has 0 amide bonds. The molecule has 0 spiro atoms. The van der Waals surface area contributed by atoms with Gasteiger partial charge in [-0.3, -0.25) is 10.1 Å². The maximum Gasteiger partial charge on any atom is 0.292 e. The Morgan fingerprint density at radius 2 is 1.85 bits per heavy atom. The number of rotatable bonds is 5. The number of nitro groups is 1. The lowest BCUT2D eigenvalue weighted by Gasteiger charge is -2.18. The Kier molecular flexibility index (Phi) is 4.20. The Morgan fingerprint density at radius 1 is 1.20 bits per heavy atom. The number of phenols is 1. The molecule has 0 heterocycles. The summed E-state index contributed by atoms with van der Waals surface area (Å²) in [4.78, 5) is 10.6. The van der Waals surface area contributed by atoms with Crippen LogP contribution >= 0.6 is 0 Å². The van der Waals surface area contributed by atoms with Gasteiger partial charge in [0.1, 0.15) is 11.4 Å². The predicted molar refractivity (Wildman–Crippen MR) is 77.9 cm³/mol. The van der Waals surface area contributed by atoms with E-state index in [0.717, 1.165) is 12.0 Å². The van der Waals surface area contributed by atoms with Gasteiger partial charge in [-0.1, -0.05) is 31.2 Å². The molecule has 5 heteroatoms. The molecular formula is C15H16N2O3. The van der Waals surface area contributed by atoms with E-state index < -0.39 is 4.92 Å². The third kappa shape index (κ3) is 3.06. The zero-order valence-corrected chi connectivity index (χ0v) is 11.1. The van der Waals surface area contributed by atoms with Crippen LogP contribution < -0.4 is 5.32 Å². The lowest BCUT2D eigenvalue weighted by Crippen LogP contribution is -2.10. The molecule has 20 heavy (non-hydrogen) atoms. The largest absolute Gasteiger partial charge is 0.508 e. The number of benzene rings is 2. The van der Waals surface area contributed by atoms with Crippen molar-refractivity contribution in [3.05, 3.63) is 64.2 Å². The first kappa shape index (κ1) is 13.9. The number of hydrogen-bond donors (Lipinski definition) is 2. The van der Waals surface area contributed by atoms with Crippen LogP contribution in [0.25, 0.3) is 0 Å². The number of phenolic OH excluding ortho intramolecular Hbond substituents is 1. The van der Waals surface area contributed by atoms with Gasteiger partial charge >= 0.3 is 0 Å². The summed E-state index contributed by atoms with van der Waals surface area (Å²) in [6, 6.07) is 13.4. The molecule has 2 aromatic rings. The quantitative estimate of drug-likeness (QED) is 0.640. The normalized spacial score (nSPS) is 11.8. The molecule has 0 saturated carbocycles. The van der Waals surface area contributed by atoms with E-state index in [1.807, 2.05) is 19.1 Å². The fourth-order valence-electron chi connectivity index (χ4n) is 2.07. The molecule has 2 aromatic carbocycles. The van der Waals surface area contributed by atoms with Crippen molar-refractivity contribution in [3.8, 4) is 5.75 Å². The zero-order chi connectivity index (χ0) is 14.5. The Bertz CT molecular complexity index is 596. The van der Waals surface area contributed by atoms with Crippen molar-refractivity contribution in [2.45, 2.75) is 19.4 Å². The molecule has 5 nitrogen and oxygen atoms in total. The van der Waals surface area contributed by atoms with Gasteiger partial charge in [-0.05, 0) is 30.2 Å². The van der Waals surface area contributed by atoms with Crippen molar-refractivity contribution in [2.75, 3.05) is 5.32 Å². The molecule has 2 rings (SSSR count). The van der Waals surface area contributed by atoms with E-state index in [0.29, 0.717) is 5.69 Å². The molecule has 0 aliphatic carbocycles. The Labute approximate surface area is 117 Å². The fourth-order valence-corrected chi connectivity index (χ4v) is 2.07. The van der Waals surface area contributed by atoms with E-state index in [-0.39, 0.29) is 17.5 Å². The van der Waals surface area contributed by atoms with E-state index in [2.05, 4.69) is 5.32 Å². The number of para-hydroxylation sites is 2. The van der Waals surface area contributed by atoms with Crippen LogP contribution in [0.2, 0.25) is 0 Å². The second kappa shape index (κ2) is 6.06. The van der Waals surface area contributed by atoms with E-state index in [1.165, 1.54) is 6.07 Å². The number of anilines is 1. The molecule has 0 radical (unpaired) electrons. The first-order chi connectivity index (χ1) is 9.61. The Balaban J connectivity index is 2.27. The topological polar surface area (TPSA) is 75.4 Å². The van der Waals surface area contributed by atoms with Gasteiger partial charge in [0.2, 0.25) is 0 Å². The summed E-state index contributed by atoms with van der Waals surface area (Å²) in [5, 5.41) is 23.5. The molecule has 0 bridgehead atoms. The first-order valence-corrected chi connectivity index (χ1v) is 6.40. The fraction of sp³-hybridized carbons (Fsp3) is 0.200. The second-order valence-corrected chi connectivity index (χ2v) is 4.47. The summed E-state index contributed by atoms with van der Waals surface area (Å²) < 4.78 is 0. The highest BCUT2D eigenvalue weighted by atomic mass is 16.6. The zero-order valence-electron chi connectivity index (χ0n) is 11.1. The number of hydrogen-bond acceptors (Lipinski definition) is 4. The molecule has 0 aromatic heterocycles. The van der Waals surface area contributed by atoms with Crippen LogP contribution in [-0.2, 0) is 0 Å². The average Bonchev–Trinajstić information content (AvgIpc) is 2.46. The second-order valence-electron chi connectivity index (χ2n) is 4.47. The van der Waals surface area contributed by atoms with Crippen molar-refractivity contribution in [2.24, 2.45) is 0 Å². The number of nitrogens with zero attached hydrogens (tertiary/aromatic N) is 1. The third-order valence-corrected chi connectivity index (χ3v) is 3.13. The lowest BCUT2D eigenvalue weighted by molar-refractivity contribution is -0.384. The van der Waals surface area contributed by atoms with E-state index in [4.69, 9.17) is 0 Å². The minimum atomic E-state index is -0.397. The number of nitro benzene ring substituents is 1. The molecule has 0 fully saturated rings. The molecule has 1 atom stereocenters. The van der Waals surface area contributed by atoms with Gasteiger partial charge in [0.05, 0.1) is 11.0 Å². The maximum absolute atomic E-state index is 11.0. The smallest absolute Gasteiger partial charge is 0.292 e. The third-order valence-electron chi connectivity index (χ3n) is 3.13. The van der Waals surface area contributed by atoms with Crippen LogP contribution in [0.3, 0.4) is 0 Å². The van der Waals surface area contributed by atoms with Crippen molar-refractivity contribution in [1.82, 2.24) is 0 Å². The van der Waals surface area contributed by atoms with Gasteiger partial charge in [0, 0.05) is 6.07 Å². The summed E-state index contributed by atoms with van der Waals surface area (Å²) in [5.74, 6) is 0.203. The minimum absolute atomic E-state index is 0.0447. The highest BCUT2D eigenvalue weighted by Crippen LogP contribution is 2.29. The summed E-state index contributed by atoms with van der Waals surface area (Å²) in [6.07, 6.45) is 0.775.